The van der Waals surface area contributed by atoms with Crippen molar-refractivity contribution in [2.75, 3.05) is 6.54 Å². The van der Waals surface area contributed by atoms with Gasteiger partial charge < -0.3 is 0 Å². The number of aromatic nitrogens is 2. The predicted octanol–water partition coefficient (Wildman–Crippen LogP) is 3.11. The Labute approximate surface area is 112 Å². The van der Waals surface area contributed by atoms with E-state index in [4.69, 9.17) is 0 Å². The lowest BCUT2D eigenvalue weighted by molar-refractivity contribution is 0.114. The highest BCUT2D eigenvalue weighted by molar-refractivity contribution is 9.10. The average Bonchev–Trinajstić information content (AvgIpc) is 2.50. The Morgan fingerprint density at radius 2 is 2.06 bits per heavy atom. The zero-order valence-corrected chi connectivity index (χ0v) is 12.8. The van der Waals surface area contributed by atoms with Crippen LogP contribution in [0.2, 0.25) is 0 Å². The highest BCUT2D eigenvalue weighted by Gasteiger charge is 2.24. The van der Waals surface area contributed by atoms with Crippen molar-refractivity contribution in [2.24, 2.45) is 13.0 Å². The van der Waals surface area contributed by atoms with Gasteiger partial charge in [-0.1, -0.05) is 6.92 Å². The minimum atomic E-state index is 0.688. The summed E-state index contributed by atoms with van der Waals surface area (Å²) in [7, 11) is 2.03. The molecule has 0 radical (unpaired) electrons. The number of aryl methyl sites for hydroxylation is 2. The number of hydrogen-bond donors (Lipinski definition) is 0. The predicted molar refractivity (Wildman–Crippen MR) is 73.9 cm³/mol. The molecule has 1 aromatic heterocycles. The molecule has 2 rings (SSSR count). The Hall–Kier alpha value is -0.350. The van der Waals surface area contributed by atoms with Crippen LogP contribution >= 0.6 is 15.9 Å². The second kappa shape index (κ2) is 5.11. The van der Waals surface area contributed by atoms with Crippen molar-refractivity contribution in [1.29, 1.82) is 0 Å². The fourth-order valence-corrected chi connectivity index (χ4v) is 3.11. The van der Waals surface area contributed by atoms with E-state index in [-0.39, 0.29) is 0 Å². The summed E-state index contributed by atoms with van der Waals surface area (Å²) < 4.78 is 3.18. The highest BCUT2D eigenvalue weighted by Crippen LogP contribution is 2.27. The van der Waals surface area contributed by atoms with Gasteiger partial charge in [0.2, 0.25) is 0 Å². The second-order valence-corrected chi connectivity index (χ2v) is 6.22. The monoisotopic (exact) mass is 299 g/mol. The Balaban J connectivity index is 2.14. The summed E-state index contributed by atoms with van der Waals surface area (Å²) in [4.78, 5) is 2.58. The quantitative estimate of drug-likeness (QED) is 0.837. The number of piperidine rings is 1. The van der Waals surface area contributed by atoms with E-state index < -0.39 is 0 Å². The Morgan fingerprint density at radius 1 is 1.35 bits per heavy atom. The maximum absolute atomic E-state index is 4.46. The van der Waals surface area contributed by atoms with Gasteiger partial charge in [-0.25, -0.2) is 0 Å². The standard InChI is InChI=1S/C13H22BrN3/c1-9-5-6-10(2)17(7-9)8-12-13(14)11(3)15-16(12)4/h9-10H,5-8H2,1-4H3. The zero-order valence-electron chi connectivity index (χ0n) is 11.2. The van der Waals surface area contributed by atoms with Crippen LogP contribution in [0.15, 0.2) is 4.47 Å². The van der Waals surface area contributed by atoms with E-state index in [2.05, 4.69) is 46.7 Å². The van der Waals surface area contributed by atoms with Crippen LogP contribution in [-0.4, -0.2) is 27.3 Å². The first-order valence-electron chi connectivity index (χ1n) is 6.41. The zero-order chi connectivity index (χ0) is 12.6. The minimum absolute atomic E-state index is 0.688. The van der Waals surface area contributed by atoms with Gasteiger partial charge in [-0.2, -0.15) is 5.10 Å². The maximum Gasteiger partial charge on any atom is 0.0739 e. The molecular formula is C13H22BrN3. The molecular weight excluding hydrogens is 278 g/mol. The molecule has 0 spiro atoms. The van der Waals surface area contributed by atoms with Gasteiger partial charge in [-0.15, -0.1) is 0 Å². The summed E-state index contributed by atoms with van der Waals surface area (Å²) in [6, 6.07) is 0.688. The fraction of sp³-hybridized carbons (Fsp3) is 0.769. The van der Waals surface area contributed by atoms with Gasteiger partial charge in [0.15, 0.2) is 0 Å². The molecule has 0 saturated carbocycles. The number of rotatable bonds is 2. The maximum atomic E-state index is 4.46. The topological polar surface area (TPSA) is 21.1 Å². The summed E-state index contributed by atoms with van der Waals surface area (Å²) >= 11 is 3.65. The van der Waals surface area contributed by atoms with Gasteiger partial charge in [0, 0.05) is 26.2 Å². The number of halogens is 1. The molecule has 17 heavy (non-hydrogen) atoms. The summed E-state index contributed by atoms with van der Waals surface area (Å²) in [6.45, 7) is 8.95. The number of hydrogen-bond acceptors (Lipinski definition) is 2. The third-order valence-corrected chi connectivity index (χ3v) is 4.89. The molecule has 1 fully saturated rings. The summed E-state index contributed by atoms with van der Waals surface area (Å²) in [5.74, 6) is 0.819. The Morgan fingerprint density at radius 3 is 2.65 bits per heavy atom. The number of nitrogens with zero attached hydrogens (tertiary/aromatic N) is 3. The van der Waals surface area contributed by atoms with Crippen molar-refractivity contribution in [2.45, 2.75) is 46.2 Å². The molecule has 2 heterocycles. The van der Waals surface area contributed by atoms with E-state index in [0.717, 1.165) is 18.2 Å². The van der Waals surface area contributed by atoms with Crippen LogP contribution in [0, 0.1) is 12.8 Å². The van der Waals surface area contributed by atoms with Gasteiger partial charge in [-0.3, -0.25) is 9.58 Å². The molecule has 2 atom stereocenters. The smallest absolute Gasteiger partial charge is 0.0739 e. The number of likely N-dealkylation sites (tertiary alicyclic amines) is 1. The SMILES string of the molecule is Cc1nn(C)c(CN2CC(C)CCC2C)c1Br. The van der Waals surface area contributed by atoms with Crippen LogP contribution in [0.5, 0.6) is 0 Å². The van der Waals surface area contributed by atoms with Crippen LogP contribution in [0.25, 0.3) is 0 Å². The lowest BCUT2D eigenvalue weighted by Crippen LogP contribution is -2.40. The molecule has 96 valence electrons. The molecule has 0 aliphatic carbocycles. The van der Waals surface area contributed by atoms with Crippen LogP contribution in [0.3, 0.4) is 0 Å². The van der Waals surface area contributed by atoms with Crippen LogP contribution in [0.4, 0.5) is 0 Å². The summed E-state index contributed by atoms with van der Waals surface area (Å²) in [5.41, 5.74) is 2.38. The van der Waals surface area contributed by atoms with Crippen LogP contribution in [0.1, 0.15) is 38.1 Å². The third-order valence-electron chi connectivity index (χ3n) is 3.86. The normalized spacial score (nSPS) is 26.4. The lowest BCUT2D eigenvalue weighted by Gasteiger charge is -2.36. The molecule has 1 aromatic rings. The van der Waals surface area contributed by atoms with Crippen molar-refractivity contribution in [3.8, 4) is 0 Å². The van der Waals surface area contributed by atoms with Crippen molar-refractivity contribution in [3.63, 3.8) is 0 Å². The van der Waals surface area contributed by atoms with Crippen molar-refractivity contribution < 1.29 is 0 Å². The van der Waals surface area contributed by atoms with Crippen molar-refractivity contribution in [1.82, 2.24) is 14.7 Å². The molecule has 4 heteroatoms. The first-order chi connectivity index (χ1) is 7.99. The minimum Gasteiger partial charge on any atom is -0.295 e. The molecule has 0 amide bonds. The molecule has 1 aliphatic heterocycles. The summed E-state index contributed by atoms with van der Waals surface area (Å²) in [5, 5.41) is 4.46. The first kappa shape index (κ1) is 13.1. The molecule has 0 aromatic carbocycles. The third kappa shape index (κ3) is 2.74. The van der Waals surface area contributed by atoms with E-state index in [1.54, 1.807) is 0 Å². The van der Waals surface area contributed by atoms with Crippen molar-refractivity contribution in [3.05, 3.63) is 15.9 Å². The molecule has 2 unspecified atom stereocenters. The van der Waals surface area contributed by atoms with E-state index >= 15 is 0 Å². The molecule has 3 nitrogen and oxygen atoms in total. The van der Waals surface area contributed by atoms with Crippen molar-refractivity contribution >= 4 is 15.9 Å². The van der Waals surface area contributed by atoms with Gasteiger partial charge in [0.1, 0.15) is 0 Å². The second-order valence-electron chi connectivity index (χ2n) is 5.43. The van der Waals surface area contributed by atoms with Gasteiger partial charge in [0.25, 0.3) is 0 Å². The summed E-state index contributed by atoms with van der Waals surface area (Å²) in [6.07, 6.45) is 2.68. The highest BCUT2D eigenvalue weighted by atomic mass is 79.9. The molecule has 0 N–H and O–H groups in total. The van der Waals surface area contributed by atoms with Gasteiger partial charge in [0.05, 0.1) is 15.9 Å². The average molecular weight is 300 g/mol. The van der Waals surface area contributed by atoms with Gasteiger partial charge in [-0.05, 0) is 48.5 Å². The molecule has 0 bridgehead atoms. The van der Waals surface area contributed by atoms with Gasteiger partial charge >= 0.3 is 0 Å². The van der Waals surface area contributed by atoms with E-state index in [9.17, 15) is 0 Å². The Bertz CT molecular complexity index is 400. The Kier molecular flexibility index (Phi) is 3.93. The molecule has 1 saturated heterocycles. The van der Waals surface area contributed by atoms with E-state index in [1.807, 2.05) is 11.7 Å². The largest absolute Gasteiger partial charge is 0.295 e. The van der Waals surface area contributed by atoms with E-state index in [0.29, 0.717) is 6.04 Å². The van der Waals surface area contributed by atoms with Crippen LogP contribution in [-0.2, 0) is 13.6 Å². The first-order valence-corrected chi connectivity index (χ1v) is 7.20. The van der Waals surface area contributed by atoms with E-state index in [1.165, 1.54) is 29.6 Å². The van der Waals surface area contributed by atoms with Crippen LogP contribution < -0.4 is 0 Å². The molecule has 1 aliphatic rings. The fourth-order valence-electron chi connectivity index (χ4n) is 2.64. The lowest BCUT2D eigenvalue weighted by atomic mass is 9.95.